The maximum atomic E-state index is 12.7. The van der Waals surface area contributed by atoms with Crippen LogP contribution in [-0.4, -0.2) is 62.3 Å². The van der Waals surface area contributed by atoms with E-state index in [0.29, 0.717) is 0 Å². The number of thioether (sulfide) groups is 1. The number of hydrogen-bond donors (Lipinski definition) is 3. The van der Waals surface area contributed by atoms with Crippen molar-refractivity contribution in [3.8, 4) is 0 Å². The molecule has 1 aromatic rings. The number of carbonyl (C=O) groups excluding carboxylic acids is 2. The van der Waals surface area contributed by atoms with Gasteiger partial charge in [0.1, 0.15) is 28.1 Å². The topological polar surface area (TPSA) is 147 Å². The molecule has 0 aliphatic carbocycles. The molecule has 0 spiro atoms. The summed E-state index contributed by atoms with van der Waals surface area (Å²) in [6.07, 6.45) is 2.73. The smallest absolute Gasteiger partial charge is 0.333 e. The third-order valence-corrected chi connectivity index (χ3v) is 6.14. The highest BCUT2D eigenvalue weighted by molar-refractivity contribution is 8.00. The summed E-state index contributed by atoms with van der Waals surface area (Å²) < 4.78 is 0.149. The third-order valence-electron chi connectivity index (χ3n) is 3.74. The van der Waals surface area contributed by atoms with Crippen molar-refractivity contribution in [2.45, 2.75) is 11.4 Å². The number of thiazole rings is 1. The van der Waals surface area contributed by atoms with Crippen LogP contribution in [0.1, 0.15) is 5.69 Å². The zero-order chi connectivity index (χ0) is 20.4. The number of nitrogen functional groups attached to an aromatic ring is 1. The molecule has 28 heavy (non-hydrogen) atoms. The van der Waals surface area contributed by atoms with Crippen molar-refractivity contribution >= 4 is 63.3 Å². The molecule has 148 valence electrons. The van der Waals surface area contributed by atoms with Gasteiger partial charge in [-0.1, -0.05) is 40.7 Å². The Bertz CT molecular complexity index is 915. The summed E-state index contributed by atoms with van der Waals surface area (Å²) in [5, 5.41) is 15.1. The molecule has 3 heterocycles. The molecule has 2 atom stereocenters. The van der Waals surface area contributed by atoms with Gasteiger partial charge < -0.3 is 25.9 Å². The standard InChI is InChI=1S/C15H14ClN5O5S2/c1-2-3-26-20-8(7-10(16)28-15(17)19-7)11(22)18-9-12(23)21-4-6(14(24)25)5-27-13(9)21/h2,4,9,13H,1,3,5H2,(H2,17,19)(H,18,22)(H,24,25)/t9?,13-/m1/s1. The first-order valence-corrected chi connectivity index (χ1v) is 9.99. The molecule has 0 bridgehead atoms. The van der Waals surface area contributed by atoms with Crippen LogP contribution < -0.4 is 11.1 Å². The van der Waals surface area contributed by atoms with Crippen LogP contribution >= 0.6 is 34.7 Å². The lowest BCUT2D eigenvalue weighted by atomic mass is 10.1. The molecule has 0 radical (unpaired) electrons. The predicted octanol–water partition coefficient (Wildman–Crippen LogP) is 0.654. The zero-order valence-electron chi connectivity index (χ0n) is 14.1. The first-order valence-electron chi connectivity index (χ1n) is 7.75. The number of aliphatic carboxylic acids is 1. The number of amides is 2. The minimum atomic E-state index is -1.09. The maximum absolute atomic E-state index is 12.7. The van der Waals surface area contributed by atoms with Crippen LogP contribution in [0.2, 0.25) is 4.34 Å². The van der Waals surface area contributed by atoms with Crippen molar-refractivity contribution in [1.82, 2.24) is 15.2 Å². The number of nitrogens with one attached hydrogen (secondary N) is 1. The van der Waals surface area contributed by atoms with Crippen LogP contribution in [0.5, 0.6) is 0 Å². The van der Waals surface area contributed by atoms with Crippen LogP contribution in [0.4, 0.5) is 5.13 Å². The number of anilines is 1. The fourth-order valence-corrected chi connectivity index (χ4v) is 4.63. The number of β-lactam (4-membered cyclic amide) rings is 1. The molecule has 2 aliphatic rings. The summed E-state index contributed by atoms with van der Waals surface area (Å²) in [6, 6.07) is -0.844. The highest BCUT2D eigenvalue weighted by atomic mass is 35.5. The van der Waals surface area contributed by atoms with Crippen molar-refractivity contribution in [2.75, 3.05) is 18.1 Å². The van der Waals surface area contributed by atoms with Gasteiger partial charge in [0.2, 0.25) is 0 Å². The Morgan fingerprint density at radius 2 is 2.36 bits per heavy atom. The molecule has 4 N–H and O–H groups in total. The molecular weight excluding hydrogens is 430 g/mol. The second kappa shape index (κ2) is 8.20. The van der Waals surface area contributed by atoms with E-state index in [0.717, 1.165) is 11.3 Å². The monoisotopic (exact) mass is 443 g/mol. The minimum absolute atomic E-state index is 0.0405. The van der Waals surface area contributed by atoms with Gasteiger partial charge in [0.05, 0.1) is 5.57 Å². The molecule has 1 unspecified atom stereocenters. The molecular formula is C15H14ClN5O5S2. The fourth-order valence-electron chi connectivity index (χ4n) is 2.45. The van der Waals surface area contributed by atoms with Gasteiger partial charge in [-0.05, 0) is 0 Å². The number of carboxylic acids is 1. The fraction of sp³-hybridized carbons (Fsp3) is 0.267. The Hall–Kier alpha value is -2.57. The van der Waals surface area contributed by atoms with Gasteiger partial charge in [0, 0.05) is 12.0 Å². The average Bonchev–Trinajstić information content (AvgIpc) is 3.00. The number of carboxylic acid groups (broad SMARTS) is 1. The third kappa shape index (κ3) is 3.84. The van der Waals surface area contributed by atoms with E-state index in [-0.39, 0.29) is 38.8 Å². The summed E-state index contributed by atoms with van der Waals surface area (Å²) in [5.74, 6) is -2.02. The van der Waals surface area contributed by atoms with E-state index in [2.05, 4.69) is 22.0 Å². The molecule has 10 nitrogen and oxygen atoms in total. The van der Waals surface area contributed by atoms with Gasteiger partial charge in [-0.2, -0.15) is 0 Å². The van der Waals surface area contributed by atoms with Gasteiger partial charge in [-0.15, -0.1) is 11.8 Å². The normalized spacial score (nSPS) is 21.3. The van der Waals surface area contributed by atoms with Gasteiger partial charge in [-0.3, -0.25) is 9.59 Å². The number of aromatic nitrogens is 1. The van der Waals surface area contributed by atoms with E-state index in [1.54, 1.807) is 0 Å². The SMILES string of the molecule is C=CCON=C(C(=O)NC1C(=O)N2C=C(C(=O)O)CS[C@H]12)c1nc(N)sc1Cl. The first-order chi connectivity index (χ1) is 13.3. The Labute approximate surface area is 172 Å². The van der Waals surface area contributed by atoms with Crippen molar-refractivity contribution in [3.05, 3.63) is 34.5 Å². The van der Waals surface area contributed by atoms with Crippen LogP contribution in [0.15, 0.2) is 29.6 Å². The molecule has 1 saturated heterocycles. The molecule has 0 saturated carbocycles. The Balaban J connectivity index is 1.77. The zero-order valence-corrected chi connectivity index (χ0v) is 16.5. The largest absolute Gasteiger partial charge is 0.478 e. The van der Waals surface area contributed by atoms with Crippen LogP contribution in [0.3, 0.4) is 0 Å². The van der Waals surface area contributed by atoms with Crippen LogP contribution in [0.25, 0.3) is 0 Å². The molecule has 13 heteroatoms. The summed E-state index contributed by atoms with van der Waals surface area (Å²) in [4.78, 5) is 46.3. The van der Waals surface area contributed by atoms with Crippen molar-refractivity contribution < 1.29 is 24.3 Å². The number of rotatable bonds is 7. The predicted molar refractivity (Wildman–Crippen MR) is 105 cm³/mol. The summed E-state index contributed by atoms with van der Waals surface area (Å²) in [6.45, 7) is 3.53. The van der Waals surface area contributed by atoms with Gasteiger partial charge in [-0.25, -0.2) is 9.78 Å². The lowest BCUT2D eigenvalue weighted by molar-refractivity contribution is -0.144. The number of carbonyl (C=O) groups is 3. The minimum Gasteiger partial charge on any atom is -0.478 e. The van der Waals surface area contributed by atoms with E-state index < -0.39 is 29.2 Å². The summed E-state index contributed by atoms with van der Waals surface area (Å²) in [7, 11) is 0. The maximum Gasteiger partial charge on any atom is 0.333 e. The average molecular weight is 444 g/mol. The van der Waals surface area contributed by atoms with E-state index >= 15 is 0 Å². The van der Waals surface area contributed by atoms with Crippen LogP contribution in [0, 0.1) is 0 Å². The molecule has 2 aliphatic heterocycles. The number of nitrogens with zero attached hydrogens (tertiary/aromatic N) is 3. The molecule has 0 aromatic carbocycles. The summed E-state index contributed by atoms with van der Waals surface area (Å²) in [5.41, 5.74) is 5.55. The van der Waals surface area contributed by atoms with E-state index in [1.807, 2.05) is 0 Å². The molecule has 2 amide bonds. The number of fused-ring (bicyclic) bond motifs is 1. The molecule has 3 rings (SSSR count). The van der Waals surface area contributed by atoms with Gasteiger partial charge in [0.15, 0.2) is 10.8 Å². The van der Waals surface area contributed by atoms with Crippen molar-refractivity contribution in [2.24, 2.45) is 5.16 Å². The van der Waals surface area contributed by atoms with Gasteiger partial charge in [0.25, 0.3) is 11.8 Å². The van der Waals surface area contributed by atoms with Gasteiger partial charge >= 0.3 is 5.97 Å². The number of oxime groups is 1. The van der Waals surface area contributed by atoms with Crippen molar-refractivity contribution in [1.29, 1.82) is 0 Å². The second-order valence-corrected chi connectivity index (χ2v) is 8.29. The highest BCUT2D eigenvalue weighted by Crippen LogP contribution is 2.36. The summed E-state index contributed by atoms with van der Waals surface area (Å²) >= 11 is 8.27. The first kappa shape index (κ1) is 20.2. The Kier molecular flexibility index (Phi) is 5.91. The van der Waals surface area contributed by atoms with E-state index in [9.17, 15) is 14.4 Å². The Morgan fingerprint density at radius 1 is 1.61 bits per heavy atom. The molecule has 1 aromatic heterocycles. The molecule has 1 fully saturated rings. The lowest BCUT2D eigenvalue weighted by Gasteiger charge is -2.46. The number of halogens is 1. The van der Waals surface area contributed by atoms with Crippen LogP contribution in [-0.2, 0) is 19.2 Å². The van der Waals surface area contributed by atoms with E-state index in [4.69, 9.17) is 27.3 Å². The quantitative estimate of drug-likeness (QED) is 0.183. The highest BCUT2D eigenvalue weighted by Gasteiger charge is 2.50. The Morgan fingerprint density at radius 3 is 2.96 bits per heavy atom. The lowest BCUT2D eigenvalue weighted by Crippen LogP contribution is -2.69. The number of hydrogen-bond acceptors (Lipinski definition) is 9. The van der Waals surface area contributed by atoms with Crippen molar-refractivity contribution in [3.63, 3.8) is 0 Å². The van der Waals surface area contributed by atoms with E-state index in [1.165, 1.54) is 28.9 Å². The second-order valence-electron chi connectivity index (χ2n) is 5.56. The number of nitrogens with two attached hydrogens (primary N) is 1.